The number of methoxy groups -OCH3 is 1. The Morgan fingerprint density at radius 3 is 3.06 bits per heavy atom. The largest absolute Gasteiger partial charge is 0.385 e. The first kappa shape index (κ1) is 12.5. The van der Waals surface area contributed by atoms with Crippen LogP contribution >= 0.6 is 0 Å². The molecule has 0 aliphatic heterocycles. The molecule has 0 atom stereocenters. The van der Waals surface area contributed by atoms with Crippen molar-refractivity contribution in [1.29, 1.82) is 5.26 Å². The van der Waals surface area contributed by atoms with Crippen molar-refractivity contribution in [3.63, 3.8) is 0 Å². The Morgan fingerprint density at radius 2 is 2.31 bits per heavy atom. The summed E-state index contributed by atoms with van der Waals surface area (Å²) in [4.78, 5) is 3.98. The molecule has 1 aromatic heterocycles. The monoisotopic (exact) mass is 219 g/mol. The van der Waals surface area contributed by atoms with Crippen LogP contribution in [0, 0.1) is 11.3 Å². The average molecular weight is 219 g/mol. The zero-order valence-electron chi connectivity index (χ0n) is 9.57. The number of nitriles is 1. The first-order chi connectivity index (χ1) is 7.88. The van der Waals surface area contributed by atoms with E-state index in [0.717, 1.165) is 38.1 Å². The summed E-state index contributed by atoms with van der Waals surface area (Å²) in [6.07, 6.45) is 4.91. The highest BCUT2D eigenvalue weighted by molar-refractivity contribution is 5.53. The fraction of sp³-hybridized carbons (Fsp3) is 0.500. The van der Waals surface area contributed by atoms with Crippen LogP contribution in [0.25, 0.3) is 0 Å². The third-order valence-electron chi connectivity index (χ3n) is 2.25. The summed E-state index contributed by atoms with van der Waals surface area (Å²) < 4.78 is 4.97. The standard InChI is InChI=1S/C12H17N3O/c1-16-9-4-2-3-7-14-11-6-5-8-15-12(11)10-13/h5-6,8,14H,2-4,7,9H2,1H3. The summed E-state index contributed by atoms with van der Waals surface area (Å²) in [5.74, 6) is 0. The normalized spacial score (nSPS) is 9.75. The van der Waals surface area contributed by atoms with Gasteiger partial charge in [-0.3, -0.25) is 0 Å². The molecule has 0 unspecified atom stereocenters. The second kappa shape index (κ2) is 7.66. The first-order valence-corrected chi connectivity index (χ1v) is 5.46. The molecule has 0 aromatic carbocycles. The molecule has 0 fully saturated rings. The molecule has 1 heterocycles. The molecule has 1 aromatic rings. The lowest BCUT2D eigenvalue weighted by Gasteiger charge is -2.06. The van der Waals surface area contributed by atoms with Gasteiger partial charge in [-0.15, -0.1) is 0 Å². The van der Waals surface area contributed by atoms with Crippen LogP contribution in [-0.2, 0) is 4.74 Å². The van der Waals surface area contributed by atoms with Crippen LogP contribution in [0.1, 0.15) is 25.0 Å². The average Bonchev–Trinajstić information content (AvgIpc) is 2.34. The van der Waals surface area contributed by atoms with E-state index in [-0.39, 0.29) is 0 Å². The minimum atomic E-state index is 0.458. The number of anilines is 1. The third-order valence-corrected chi connectivity index (χ3v) is 2.25. The van der Waals surface area contributed by atoms with Gasteiger partial charge in [0.1, 0.15) is 6.07 Å². The Morgan fingerprint density at radius 1 is 1.44 bits per heavy atom. The maximum atomic E-state index is 8.82. The summed E-state index contributed by atoms with van der Waals surface area (Å²) in [6, 6.07) is 5.77. The summed E-state index contributed by atoms with van der Waals surface area (Å²) >= 11 is 0. The van der Waals surface area contributed by atoms with Gasteiger partial charge >= 0.3 is 0 Å². The van der Waals surface area contributed by atoms with Crippen molar-refractivity contribution in [2.24, 2.45) is 0 Å². The van der Waals surface area contributed by atoms with Crippen molar-refractivity contribution in [1.82, 2.24) is 4.98 Å². The zero-order valence-corrected chi connectivity index (χ0v) is 9.57. The number of ether oxygens (including phenoxy) is 1. The van der Waals surface area contributed by atoms with Crippen molar-refractivity contribution in [2.45, 2.75) is 19.3 Å². The Balaban J connectivity index is 2.24. The van der Waals surface area contributed by atoms with Crippen LogP contribution in [0.2, 0.25) is 0 Å². The molecule has 1 N–H and O–H groups in total. The van der Waals surface area contributed by atoms with E-state index in [9.17, 15) is 0 Å². The lowest BCUT2D eigenvalue weighted by Crippen LogP contribution is -2.04. The van der Waals surface area contributed by atoms with Gasteiger partial charge in [0.15, 0.2) is 5.69 Å². The topological polar surface area (TPSA) is 57.9 Å². The Bertz CT molecular complexity index is 346. The van der Waals surface area contributed by atoms with Crippen LogP contribution in [0.3, 0.4) is 0 Å². The van der Waals surface area contributed by atoms with Gasteiger partial charge < -0.3 is 10.1 Å². The number of hydrogen-bond donors (Lipinski definition) is 1. The maximum absolute atomic E-state index is 8.82. The number of aromatic nitrogens is 1. The van der Waals surface area contributed by atoms with E-state index in [0.29, 0.717) is 5.69 Å². The van der Waals surface area contributed by atoms with E-state index in [4.69, 9.17) is 10.00 Å². The Kier molecular flexibility index (Phi) is 5.97. The number of unbranched alkanes of at least 4 members (excludes halogenated alkanes) is 2. The number of pyridine rings is 1. The zero-order chi connectivity index (χ0) is 11.6. The van der Waals surface area contributed by atoms with E-state index < -0.39 is 0 Å². The molecule has 4 heteroatoms. The molecule has 16 heavy (non-hydrogen) atoms. The molecule has 0 saturated carbocycles. The molecule has 0 spiro atoms. The van der Waals surface area contributed by atoms with Crippen molar-refractivity contribution in [2.75, 3.05) is 25.6 Å². The summed E-state index contributed by atoms with van der Waals surface area (Å²) in [7, 11) is 1.72. The SMILES string of the molecule is COCCCCCNc1cccnc1C#N. The fourth-order valence-corrected chi connectivity index (χ4v) is 1.41. The quantitative estimate of drug-likeness (QED) is 0.714. The number of nitrogens with one attached hydrogen (secondary N) is 1. The van der Waals surface area contributed by atoms with E-state index in [1.807, 2.05) is 12.1 Å². The van der Waals surface area contributed by atoms with Gasteiger partial charge in [0.25, 0.3) is 0 Å². The summed E-state index contributed by atoms with van der Waals surface area (Å²) in [5.41, 5.74) is 1.27. The van der Waals surface area contributed by atoms with Gasteiger partial charge in [0.2, 0.25) is 0 Å². The van der Waals surface area contributed by atoms with E-state index in [1.54, 1.807) is 13.3 Å². The van der Waals surface area contributed by atoms with E-state index in [2.05, 4.69) is 16.4 Å². The highest BCUT2D eigenvalue weighted by Crippen LogP contribution is 2.10. The Hall–Kier alpha value is -1.60. The predicted molar refractivity (Wildman–Crippen MR) is 63.2 cm³/mol. The molecule has 0 radical (unpaired) electrons. The molecule has 0 aliphatic rings. The minimum Gasteiger partial charge on any atom is -0.385 e. The van der Waals surface area contributed by atoms with Crippen molar-refractivity contribution < 1.29 is 4.74 Å². The number of hydrogen-bond acceptors (Lipinski definition) is 4. The molecule has 0 amide bonds. The molecular formula is C12H17N3O. The van der Waals surface area contributed by atoms with Gasteiger partial charge in [-0.1, -0.05) is 0 Å². The smallest absolute Gasteiger partial charge is 0.163 e. The van der Waals surface area contributed by atoms with Gasteiger partial charge in [0, 0.05) is 26.5 Å². The Labute approximate surface area is 96.3 Å². The lowest BCUT2D eigenvalue weighted by atomic mass is 10.2. The second-order valence-corrected chi connectivity index (χ2v) is 3.49. The molecule has 0 aliphatic carbocycles. The van der Waals surface area contributed by atoms with Crippen LogP contribution in [0.4, 0.5) is 5.69 Å². The maximum Gasteiger partial charge on any atom is 0.163 e. The molecule has 0 bridgehead atoms. The number of rotatable bonds is 7. The molecule has 0 saturated heterocycles. The van der Waals surface area contributed by atoms with Crippen LogP contribution in [-0.4, -0.2) is 25.2 Å². The van der Waals surface area contributed by atoms with Crippen molar-refractivity contribution in [3.8, 4) is 6.07 Å². The second-order valence-electron chi connectivity index (χ2n) is 3.49. The van der Waals surface area contributed by atoms with Crippen LogP contribution in [0.5, 0.6) is 0 Å². The lowest BCUT2D eigenvalue weighted by molar-refractivity contribution is 0.192. The summed E-state index contributed by atoms with van der Waals surface area (Å²) in [5, 5.41) is 12.0. The number of nitrogens with zero attached hydrogens (tertiary/aromatic N) is 2. The van der Waals surface area contributed by atoms with Crippen molar-refractivity contribution in [3.05, 3.63) is 24.0 Å². The van der Waals surface area contributed by atoms with Gasteiger partial charge in [0.05, 0.1) is 5.69 Å². The molecular weight excluding hydrogens is 202 g/mol. The van der Waals surface area contributed by atoms with Gasteiger partial charge in [-0.25, -0.2) is 4.98 Å². The van der Waals surface area contributed by atoms with Crippen LogP contribution in [0.15, 0.2) is 18.3 Å². The highest BCUT2D eigenvalue weighted by Gasteiger charge is 2.00. The van der Waals surface area contributed by atoms with E-state index >= 15 is 0 Å². The summed E-state index contributed by atoms with van der Waals surface area (Å²) in [6.45, 7) is 1.68. The first-order valence-electron chi connectivity index (χ1n) is 5.46. The van der Waals surface area contributed by atoms with Crippen LogP contribution < -0.4 is 5.32 Å². The fourth-order valence-electron chi connectivity index (χ4n) is 1.41. The van der Waals surface area contributed by atoms with Gasteiger partial charge in [-0.2, -0.15) is 5.26 Å². The van der Waals surface area contributed by atoms with Crippen molar-refractivity contribution >= 4 is 5.69 Å². The molecule has 1 rings (SSSR count). The minimum absolute atomic E-state index is 0.458. The highest BCUT2D eigenvalue weighted by atomic mass is 16.5. The van der Waals surface area contributed by atoms with Gasteiger partial charge in [-0.05, 0) is 31.4 Å². The molecule has 86 valence electrons. The van der Waals surface area contributed by atoms with E-state index in [1.165, 1.54) is 0 Å². The molecule has 4 nitrogen and oxygen atoms in total. The predicted octanol–water partition coefficient (Wildman–Crippen LogP) is 2.18. The third kappa shape index (κ3) is 4.28.